The summed E-state index contributed by atoms with van der Waals surface area (Å²) in [5, 5.41) is 0.540. The molecule has 0 amide bonds. The third-order valence-electron chi connectivity index (χ3n) is 8.42. The standard InChI is InChI=1S/C29H24ClN9S/c30-24-21(5-9-35-25(24)19-15-32-10-11-34-19)40-22-3-4-23-37-27(20-16-36-28(22)39(20)23)38-12-6-29(7-13-38)14-18-17(26(29)31)2-1-8-33-18/h1-5,8-11,15-16,26H,6-7,12-14,31H2/t26-/m1/s1. The van der Waals surface area contributed by atoms with Gasteiger partial charge in [0.2, 0.25) is 0 Å². The molecule has 8 rings (SSSR count). The fraction of sp³-hybridized carbons (Fsp3) is 0.241. The maximum Gasteiger partial charge on any atom is 0.157 e. The van der Waals surface area contributed by atoms with Gasteiger partial charge in [-0.15, -0.1) is 0 Å². The number of fused-ring (bicyclic) bond motifs is 1. The highest BCUT2D eigenvalue weighted by atomic mass is 35.5. The molecule has 40 heavy (non-hydrogen) atoms. The number of hydrogen-bond donors (Lipinski definition) is 1. The van der Waals surface area contributed by atoms with E-state index in [1.807, 2.05) is 30.6 Å². The van der Waals surface area contributed by atoms with Gasteiger partial charge in [0.25, 0.3) is 0 Å². The number of pyridine rings is 3. The number of anilines is 1. The van der Waals surface area contributed by atoms with Crippen molar-refractivity contribution in [3.05, 3.63) is 83.8 Å². The van der Waals surface area contributed by atoms with Gasteiger partial charge in [-0.3, -0.25) is 24.3 Å². The molecule has 0 aromatic carbocycles. The van der Waals surface area contributed by atoms with Gasteiger partial charge in [-0.25, -0.2) is 9.97 Å². The van der Waals surface area contributed by atoms with Gasteiger partial charge in [0.15, 0.2) is 11.5 Å². The SMILES string of the molecule is N[C@@H]1c2cccnc2CC12CCN(c1nc3ccc(Sc4ccnc(-c5cnccn5)c4Cl)c4ncc1n34)CC2. The molecule has 1 spiro atoms. The van der Waals surface area contributed by atoms with Crippen LogP contribution in [0.3, 0.4) is 0 Å². The highest BCUT2D eigenvalue weighted by Gasteiger charge is 2.47. The van der Waals surface area contributed by atoms with Crippen LogP contribution in [-0.4, -0.2) is 47.4 Å². The number of piperidine rings is 1. The Morgan fingerprint density at radius 1 is 0.925 bits per heavy atom. The average Bonchev–Trinajstić information content (AvgIpc) is 3.67. The molecule has 1 fully saturated rings. The van der Waals surface area contributed by atoms with Crippen molar-refractivity contribution in [2.75, 3.05) is 18.0 Å². The number of imidazole rings is 2. The van der Waals surface area contributed by atoms with Gasteiger partial charge >= 0.3 is 0 Å². The summed E-state index contributed by atoms with van der Waals surface area (Å²) < 4.78 is 2.14. The molecule has 1 aliphatic carbocycles. The van der Waals surface area contributed by atoms with E-state index in [-0.39, 0.29) is 11.5 Å². The lowest BCUT2D eigenvalue weighted by Crippen LogP contribution is -2.44. The van der Waals surface area contributed by atoms with Gasteiger partial charge in [-0.1, -0.05) is 29.4 Å². The Balaban J connectivity index is 1.08. The second-order valence-corrected chi connectivity index (χ2v) is 12.0. The van der Waals surface area contributed by atoms with Crippen LogP contribution >= 0.6 is 23.4 Å². The lowest BCUT2D eigenvalue weighted by atomic mass is 9.73. The van der Waals surface area contributed by atoms with E-state index in [1.165, 1.54) is 5.56 Å². The van der Waals surface area contributed by atoms with Crippen LogP contribution in [-0.2, 0) is 6.42 Å². The number of nitrogens with two attached hydrogens (primary N) is 1. The van der Waals surface area contributed by atoms with Gasteiger partial charge in [-0.2, -0.15) is 0 Å². The van der Waals surface area contributed by atoms with Crippen LogP contribution < -0.4 is 10.6 Å². The molecule has 0 unspecified atom stereocenters. The zero-order chi connectivity index (χ0) is 26.8. The molecule has 0 bridgehead atoms. The maximum atomic E-state index is 6.79. The number of aromatic nitrogens is 7. The van der Waals surface area contributed by atoms with Gasteiger partial charge in [0.05, 0.1) is 22.3 Å². The molecule has 1 atom stereocenters. The van der Waals surface area contributed by atoms with Crippen LogP contribution in [0.5, 0.6) is 0 Å². The van der Waals surface area contributed by atoms with Crippen LogP contribution in [0.25, 0.3) is 28.2 Å². The number of rotatable bonds is 4. The van der Waals surface area contributed by atoms with Crippen LogP contribution in [0.4, 0.5) is 5.82 Å². The molecule has 2 N–H and O–H groups in total. The molecule has 198 valence electrons. The second kappa shape index (κ2) is 9.09. The summed E-state index contributed by atoms with van der Waals surface area (Å²) in [5.74, 6) is 0.980. The number of nitrogens with zero attached hydrogens (tertiary/aromatic N) is 8. The van der Waals surface area contributed by atoms with Gasteiger partial charge in [0, 0.05) is 54.5 Å². The first kappa shape index (κ1) is 24.0. The average molecular weight is 566 g/mol. The molecule has 11 heteroatoms. The minimum absolute atomic E-state index is 0.0387. The molecule has 2 aliphatic rings. The fourth-order valence-corrected chi connectivity index (χ4v) is 7.56. The highest BCUT2D eigenvalue weighted by molar-refractivity contribution is 7.99. The molecule has 0 radical (unpaired) electrons. The summed E-state index contributed by atoms with van der Waals surface area (Å²) in [6.07, 6.45) is 13.5. The van der Waals surface area contributed by atoms with Crippen LogP contribution in [0.2, 0.25) is 5.02 Å². The first-order chi connectivity index (χ1) is 19.6. The smallest absolute Gasteiger partial charge is 0.157 e. The van der Waals surface area contributed by atoms with Crippen molar-refractivity contribution in [1.82, 2.24) is 34.3 Å². The Kier molecular flexibility index (Phi) is 5.45. The molecular formula is C29H24ClN9S. The van der Waals surface area contributed by atoms with Crippen LogP contribution in [0, 0.1) is 5.41 Å². The topological polar surface area (TPSA) is 111 Å². The van der Waals surface area contributed by atoms with E-state index in [0.29, 0.717) is 16.4 Å². The molecule has 7 heterocycles. The molecule has 1 aliphatic heterocycles. The van der Waals surface area contributed by atoms with E-state index < -0.39 is 0 Å². The van der Waals surface area contributed by atoms with E-state index in [0.717, 1.165) is 70.5 Å². The molecule has 1 saturated heterocycles. The van der Waals surface area contributed by atoms with Crippen LogP contribution in [0.15, 0.2) is 77.3 Å². The molecular weight excluding hydrogens is 542 g/mol. The normalized spacial score (nSPS) is 18.2. The van der Waals surface area contributed by atoms with E-state index >= 15 is 0 Å². The number of halogens is 1. The van der Waals surface area contributed by atoms with Crippen molar-refractivity contribution in [1.29, 1.82) is 0 Å². The summed E-state index contributed by atoms with van der Waals surface area (Å²) in [7, 11) is 0. The van der Waals surface area contributed by atoms with Gasteiger partial charge in [0.1, 0.15) is 22.6 Å². The van der Waals surface area contributed by atoms with Gasteiger partial charge < -0.3 is 10.6 Å². The molecule has 6 aromatic heterocycles. The zero-order valence-corrected chi connectivity index (χ0v) is 23.0. The van der Waals surface area contributed by atoms with Crippen LogP contribution in [0.1, 0.15) is 30.1 Å². The zero-order valence-electron chi connectivity index (χ0n) is 21.4. The van der Waals surface area contributed by atoms with E-state index in [9.17, 15) is 0 Å². The van der Waals surface area contributed by atoms with E-state index in [1.54, 1.807) is 36.5 Å². The summed E-state index contributed by atoms with van der Waals surface area (Å²) in [6, 6.07) is 10.2. The minimum Gasteiger partial charge on any atom is -0.355 e. The lowest BCUT2D eigenvalue weighted by Gasteiger charge is -2.42. The summed E-state index contributed by atoms with van der Waals surface area (Å²) >= 11 is 8.35. The molecule has 6 aromatic rings. The summed E-state index contributed by atoms with van der Waals surface area (Å²) in [6.45, 7) is 1.81. The largest absolute Gasteiger partial charge is 0.355 e. The second-order valence-electron chi connectivity index (χ2n) is 10.5. The predicted molar refractivity (Wildman–Crippen MR) is 155 cm³/mol. The predicted octanol–water partition coefficient (Wildman–Crippen LogP) is 5.21. The van der Waals surface area contributed by atoms with Crippen molar-refractivity contribution >= 4 is 46.0 Å². The Morgan fingerprint density at radius 2 is 1.82 bits per heavy atom. The first-order valence-corrected chi connectivity index (χ1v) is 14.4. The van der Waals surface area contributed by atoms with Crippen molar-refractivity contribution < 1.29 is 0 Å². The fourth-order valence-electron chi connectivity index (χ4n) is 6.31. The Morgan fingerprint density at radius 3 is 2.65 bits per heavy atom. The third kappa shape index (κ3) is 3.59. The summed E-state index contributed by atoms with van der Waals surface area (Å²) in [4.78, 5) is 31.7. The Bertz CT molecular complexity index is 1870. The quantitative estimate of drug-likeness (QED) is 0.307. The van der Waals surface area contributed by atoms with Crippen molar-refractivity contribution in [3.63, 3.8) is 0 Å². The van der Waals surface area contributed by atoms with Gasteiger partial charge in [-0.05, 0) is 54.5 Å². The van der Waals surface area contributed by atoms with E-state index in [2.05, 4.69) is 41.4 Å². The third-order valence-corrected chi connectivity index (χ3v) is 10.0. The number of hydrogen-bond acceptors (Lipinski definition) is 9. The van der Waals surface area contributed by atoms with Crippen molar-refractivity contribution in [3.8, 4) is 11.4 Å². The van der Waals surface area contributed by atoms with Crippen molar-refractivity contribution in [2.24, 2.45) is 11.1 Å². The lowest BCUT2D eigenvalue weighted by molar-refractivity contribution is 0.187. The monoisotopic (exact) mass is 565 g/mol. The van der Waals surface area contributed by atoms with E-state index in [4.69, 9.17) is 27.3 Å². The first-order valence-electron chi connectivity index (χ1n) is 13.2. The molecule has 0 saturated carbocycles. The van der Waals surface area contributed by atoms with Crippen molar-refractivity contribution in [2.45, 2.75) is 35.1 Å². The minimum atomic E-state index is 0.0387. The summed E-state index contributed by atoms with van der Waals surface area (Å²) in [5.41, 5.74) is 13.2. The molecule has 9 nitrogen and oxygen atoms in total. The maximum absolute atomic E-state index is 6.79. The highest BCUT2D eigenvalue weighted by Crippen LogP contribution is 2.50. The Labute approximate surface area is 239 Å². The Hall–Kier alpha value is -3.86.